The van der Waals surface area contributed by atoms with Gasteiger partial charge in [0.15, 0.2) is 5.96 Å². The molecular formula is C19H29IN6O2. The summed E-state index contributed by atoms with van der Waals surface area (Å²) in [6, 6.07) is 8.09. The van der Waals surface area contributed by atoms with Crippen LogP contribution in [0.3, 0.4) is 0 Å². The van der Waals surface area contributed by atoms with Crippen molar-refractivity contribution in [2.24, 2.45) is 12.0 Å². The summed E-state index contributed by atoms with van der Waals surface area (Å²) in [5, 5.41) is 3.35. The van der Waals surface area contributed by atoms with Crippen molar-refractivity contribution in [1.29, 1.82) is 0 Å². The Bertz CT molecular complexity index is 814. The summed E-state index contributed by atoms with van der Waals surface area (Å²) in [4.78, 5) is 25.3. The molecule has 3 rings (SSSR count). The van der Waals surface area contributed by atoms with E-state index in [1.54, 1.807) is 4.90 Å². The van der Waals surface area contributed by atoms with Crippen LogP contribution in [0.4, 0.5) is 4.79 Å². The van der Waals surface area contributed by atoms with Gasteiger partial charge in [0.05, 0.1) is 17.6 Å². The highest BCUT2D eigenvalue weighted by molar-refractivity contribution is 14.0. The van der Waals surface area contributed by atoms with Gasteiger partial charge in [0, 0.05) is 39.8 Å². The standard InChI is InChI=1S/C19H28N6O2.HI/c1-4-20-18(24-10-12-25(13-11-24)19(26)27-5-2)21-14-17-22-15-8-6-7-9-16(15)23(17)3;/h6-9H,4-5,10-14H2,1-3H3,(H,20,21);1H. The molecule has 2 heterocycles. The number of benzene rings is 1. The number of aliphatic imine (C=N–C) groups is 1. The van der Waals surface area contributed by atoms with Gasteiger partial charge in [-0.25, -0.2) is 14.8 Å². The first kappa shape index (κ1) is 22.3. The van der Waals surface area contributed by atoms with Gasteiger partial charge in [-0.05, 0) is 26.0 Å². The number of aryl methyl sites for hydroxylation is 1. The van der Waals surface area contributed by atoms with E-state index >= 15 is 0 Å². The van der Waals surface area contributed by atoms with Gasteiger partial charge < -0.3 is 24.4 Å². The lowest BCUT2D eigenvalue weighted by molar-refractivity contribution is 0.0914. The van der Waals surface area contributed by atoms with Crippen LogP contribution < -0.4 is 5.32 Å². The number of nitrogens with zero attached hydrogens (tertiary/aromatic N) is 5. The molecule has 0 atom stereocenters. The van der Waals surface area contributed by atoms with Crippen LogP contribution in [0.2, 0.25) is 0 Å². The highest BCUT2D eigenvalue weighted by Gasteiger charge is 2.23. The summed E-state index contributed by atoms with van der Waals surface area (Å²) in [5.74, 6) is 1.78. The van der Waals surface area contributed by atoms with Crippen LogP contribution in [0.5, 0.6) is 0 Å². The average Bonchev–Trinajstić information content (AvgIpc) is 3.01. The number of rotatable bonds is 4. The Kier molecular flexibility index (Phi) is 8.34. The second-order valence-corrected chi connectivity index (χ2v) is 6.42. The maximum Gasteiger partial charge on any atom is 0.409 e. The van der Waals surface area contributed by atoms with Crippen molar-refractivity contribution in [3.63, 3.8) is 0 Å². The number of para-hydroxylation sites is 2. The molecule has 8 nitrogen and oxygen atoms in total. The van der Waals surface area contributed by atoms with E-state index in [0.29, 0.717) is 26.2 Å². The van der Waals surface area contributed by atoms with Crippen LogP contribution in [0.1, 0.15) is 19.7 Å². The molecule has 1 saturated heterocycles. The van der Waals surface area contributed by atoms with Gasteiger partial charge in [-0.1, -0.05) is 12.1 Å². The van der Waals surface area contributed by atoms with Gasteiger partial charge in [-0.3, -0.25) is 0 Å². The molecule has 154 valence electrons. The van der Waals surface area contributed by atoms with E-state index in [-0.39, 0.29) is 30.1 Å². The predicted octanol–water partition coefficient (Wildman–Crippen LogP) is 2.43. The second kappa shape index (κ2) is 10.5. The zero-order valence-corrected chi connectivity index (χ0v) is 19.1. The fourth-order valence-corrected chi connectivity index (χ4v) is 3.22. The number of nitrogens with one attached hydrogen (secondary N) is 1. The van der Waals surface area contributed by atoms with Crippen molar-refractivity contribution in [3.8, 4) is 0 Å². The lowest BCUT2D eigenvalue weighted by Gasteiger charge is -2.35. The highest BCUT2D eigenvalue weighted by atomic mass is 127. The maximum absolute atomic E-state index is 11.9. The third kappa shape index (κ3) is 5.06. The number of hydrogen-bond donors (Lipinski definition) is 1. The Morgan fingerprint density at radius 3 is 2.50 bits per heavy atom. The number of halogens is 1. The van der Waals surface area contributed by atoms with Gasteiger partial charge in [0.2, 0.25) is 0 Å². The molecule has 0 spiro atoms. The summed E-state index contributed by atoms with van der Waals surface area (Å²) >= 11 is 0. The van der Waals surface area contributed by atoms with Gasteiger partial charge in [-0.2, -0.15) is 0 Å². The number of imidazole rings is 1. The lowest BCUT2D eigenvalue weighted by atomic mass is 10.3. The Morgan fingerprint density at radius 1 is 1.18 bits per heavy atom. The normalized spacial score (nSPS) is 14.8. The van der Waals surface area contributed by atoms with Crippen LogP contribution in [0.15, 0.2) is 29.3 Å². The smallest absolute Gasteiger partial charge is 0.409 e. The minimum atomic E-state index is -0.237. The molecule has 0 aliphatic carbocycles. The molecule has 1 aliphatic rings. The molecule has 1 fully saturated rings. The molecule has 9 heteroatoms. The monoisotopic (exact) mass is 500 g/mol. The molecule has 1 N–H and O–H groups in total. The van der Waals surface area contributed by atoms with Crippen molar-refractivity contribution in [3.05, 3.63) is 30.1 Å². The van der Waals surface area contributed by atoms with E-state index in [0.717, 1.165) is 42.5 Å². The van der Waals surface area contributed by atoms with E-state index in [9.17, 15) is 4.79 Å². The van der Waals surface area contributed by atoms with Gasteiger partial charge in [0.25, 0.3) is 0 Å². The van der Waals surface area contributed by atoms with Crippen LogP contribution in [-0.2, 0) is 18.3 Å². The van der Waals surface area contributed by atoms with Crippen molar-refractivity contribution in [2.45, 2.75) is 20.4 Å². The summed E-state index contributed by atoms with van der Waals surface area (Å²) in [5.41, 5.74) is 2.09. The number of guanidine groups is 1. The van der Waals surface area contributed by atoms with E-state index in [1.807, 2.05) is 32.2 Å². The zero-order valence-electron chi connectivity index (χ0n) is 16.7. The number of piperazine rings is 1. The quantitative estimate of drug-likeness (QED) is 0.397. The summed E-state index contributed by atoms with van der Waals surface area (Å²) in [7, 11) is 2.02. The first-order valence-electron chi connectivity index (χ1n) is 9.49. The average molecular weight is 500 g/mol. The minimum absolute atomic E-state index is 0. The van der Waals surface area contributed by atoms with Crippen LogP contribution in [0.25, 0.3) is 11.0 Å². The minimum Gasteiger partial charge on any atom is -0.450 e. The number of carbonyl (C=O) groups is 1. The third-order valence-corrected chi connectivity index (χ3v) is 4.69. The van der Waals surface area contributed by atoms with Crippen LogP contribution >= 0.6 is 24.0 Å². The molecule has 0 saturated carbocycles. The topological polar surface area (TPSA) is 75.0 Å². The predicted molar refractivity (Wildman–Crippen MR) is 121 cm³/mol. The Morgan fingerprint density at radius 2 is 1.86 bits per heavy atom. The van der Waals surface area contributed by atoms with Gasteiger partial charge in [0.1, 0.15) is 12.4 Å². The van der Waals surface area contributed by atoms with E-state index in [2.05, 4.69) is 32.8 Å². The fraction of sp³-hybridized carbons (Fsp3) is 0.526. The number of amides is 1. The third-order valence-electron chi connectivity index (χ3n) is 4.69. The van der Waals surface area contributed by atoms with Crippen molar-refractivity contribution in [1.82, 2.24) is 24.7 Å². The molecule has 28 heavy (non-hydrogen) atoms. The largest absolute Gasteiger partial charge is 0.450 e. The van der Waals surface area contributed by atoms with E-state index < -0.39 is 0 Å². The summed E-state index contributed by atoms with van der Waals surface area (Å²) < 4.78 is 7.17. The van der Waals surface area contributed by atoms with E-state index in [1.165, 1.54) is 0 Å². The number of aromatic nitrogens is 2. The molecular weight excluding hydrogens is 471 g/mol. The first-order chi connectivity index (χ1) is 13.1. The Labute approximate surface area is 183 Å². The molecule has 0 bridgehead atoms. The van der Waals surface area contributed by atoms with Crippen molar-refractivity contribution in [2.75, 3.05) is 39.3 Å². The van der Waals surface area contributed by atoms with Gasteiger partial charge in [-0.15, -0.1) is 24.0 Å². The molecule has 1 aromatic carbocycles. The fourth-order valence-electron chi connectivity index (χ4n) is 3.22. The van der Waals surface area contributed by atoms with Crippen molar-refractivity contribution < 1.29 is 9.53 Å². The van der Waals surface area contributed by atoms with Crippen LogP contribution in [-0.4, -0.2) is 70.7 Å². The Balaban J connectivity index is 0.00000280. The van der Waals surface area contributed by atoms with Gasteiger partial charge >= 0.3 is 6.09 Å². The van der Waals surface area contributed by atoms with E-state index in [4.69, 9.17) is 9.73 Å². The van der Waals surface area contributed by atoms with Crippen LogP contribution in [0, 0.1) is 0 Å². The van der Waals surface area contributed by atoms with Crippen molar-refractivity contribution >= 4 is 47.1 Å². The molecule has 0 radical (unpaired) electrons. The molecule has 1 amide bonds. The number of carbonyl (C=O) groups excluding carboxylic acids is 1. The first-order valence-corrected chi connectivity index (χ1v) is 9.49. The molecule has 0 unspecified atom stereocenters. The highest BCUT2D eigenvalue weighted by Crippen LogP contribution is 2.15. The Hall–Kier alpha value is -2.04. The second-order valence-electron chi connectivity index (χ2n) is 6.42. The number of hydrogen-bond acceptors (Lipinski definition) is 4. The molecule has 1 aromatic heterocycles. The SMILES string of the molecule is CCNC(=NCc1nc2ccccc2n1C)N1CCN(C(=O)OCC)CC1.I. The zero-order chi connectivity index (χ0) is 19.2. The summed E-state index contributed by atoms with van der Waals surface area (Å²) in [6.45, 7) is 8.31. The lowest BCUT2D eigenvalue weighted by Crippen LogP contribution is -2.53. The molecule has 1 aliphatic heterocycles. The number of fused-ring (bicyclic) bond motifs is 1. The molecule has 2 aromatic rings. The maximum atomic E-state index is 11.9. The number of ether oxygens (including phenoxy) is 1. The summed E-state index contributed by atoms with van der Waals surface area (Å²) in [6.07, 6.45) is -0.237.